The van der Waals surface area contributed by atoms with Gasteiger partial charge in [0, 0.05) is 6.20 Å². The maximum absolute atomic E-state index is 13.1. The Kier molecular flexibility index (Phi) is 6.27. The fourth-order valence-electron chi connectivity index (χ4n) is 3.10. The summed E-state index contributed by atoms with van der Waals surface area (Å²) < 4.78 is 1.70. The zero-order chi connectivity index (χ0) is 21.1. The van der Waals surface area contributed by atoms with Crippen molar-refractivity contribution in [2.75, 3.05) is 0 Å². The summed E-state index contributed by atoms with van der Waals surface area (Å²) in [4.78, 5) is 13.1. The normalized spacial score (nSPS) is 12.3. The first kappa shape index (κ1) is 20.7. The van der Waals surface area contributed by atoms with Crippen LogP contribution >= 0.6 is 35.0 Å². The summed E-state index contributed by atoms with van der Waals surface area (Å²) in [6.45, 7) is 1.83. The van der Waals surface area contributed by atoms with E-state index in [0.29, 0.717) is 20.8 Å². The molecule has 30 heavy (non-hydrogen) atoms. The lowest BCUT2D eigenvalue weighted by atomic mass is 9.98. The number of pyridine rings is 1. The number of thioether (sulfide) groups is 1. The topological polar surface area (TPSA) is 59.3 Å². The number of hydrogen-bond acceptors (Lipinski definition) is 4. The molecular weight excluding hydrogens is 439 g/mol. The number of nitrogens with one attached hydrogen (secondary N) is 1. The van der Waals surface area contributed by atoms with Crippen molar-refractivity contribution in [2.45, 2.75) is 23.4 Å². The van der Waals surface area contributed by atoms with E-state index in [9.17, 15) is 4.79 Å². The Hall–Kier alpha value is -2.54. The molecule has 1 atom stereocenters. The predicted octanol–water partition coefficient (Wildman–Crippen LogP) is 5.42. The molecule has 1 unspecified atom stereocenters. The number of rotatable bonds is 6. The van der Waals surface area contributed by atoms with Crippen molar-refractivity contribution in [1.29, 1.82) is 0 Å². The van der Waals surface area contributed by atoms with Crippen LogP contribution in [-0.4, -0.2) is 25.8 Å². The van der Waals surface area contributed by atoms with Crippen LogP contribution in [0.2, 0.25) is 10.0 Å². The van der Waals surface area contributed by atoms with Gasteiger partial charge >= 0.3 is 0 Å². The minimum Gasteiger partial charge on any atom is -0.344 e. The third kappa shape index (κ3) is 4.46. The van der Waals surface area contributed by atoms with E-state index in [4.69, 9.17) is 23.2 Å². The van der Waals surface area contributed by atoms with Crippen molar-refractivity contribution in [3.63, 3.8) is 0 Å². The Balaban J connectivity index is 1.56. The van der Waals surface area contributed by atoms with Crippen LogP contribution in [0.15, 0.2) is 78.1 Å². The van der Waals surface area contributed by atoms with Crippen LogP contribution in [0.3, 0.4) is 0 Å². The second-order valence-corrected chi connectivity index (χ2v) is 8.86. The van der Waals surface area contributed by atoms with E-state index < -0.39 is 5.25 Å². The maximum atomic E-state index is 13.1. The van der Waals surface area contributed by atoms with Gasteiger partial charge in [-0.25, -0.2) is 0 Å². The molecule has 2 heterocycles. The van der Waals surface area contributed by atoms with Gasteiger partial charge < -0.3 is 5.32 Å². The molecule has 0 aliphatic heterocycles. The van der Waals surface area contributed by atoms with Crippen LogP contribution in [0.4, 0.5) is 0 Å². The first-order chi connectivity index (χ1) is 14.5. The van der Waals surface area contributed by atoms with Gasteiger partial charge in [-0.3, -0.25) is 9.20 Å². The van der Waals surface area contributed by atoms with Gasteiger partial charge in [0.05, 0.1) is 21.3 Å². The largest absolute Gasteiger partial charge is 0.344 e. The summed E-state index contributed by atoms with van der Waals surface area (Å²) in [7, 11) is 0. The van der Waals surface area contributed by atoms with Crippen molar-refractivity contribution < 1.29 is 4.79 Å². The number of fused-ring (bicyclic) bond motifs is 1. The van der Waals surface area contributed by atoms with Gasteiger partial charge in [0.15, 0.2) is 10.8 Å². The monoisotopic (exact) mass is 456 g/mol. The quantitative estimate of drug-likeness (QED) is 0.393. The fourth-order valence-corrected chi connectivity index (χ4v) is 4.45. The van der Waals surface area contributed by atoms with Gasteiger partial charge in [-0.2, -0.15) is 0 Å². The number of carbonyl (C=O) groups is 1. The lowest BCUT2D eigenvalue weighted by molar-refractivity contribution is -0.120. The Labute approximate surface area is 188 Å². The van der Waals surface area contributed by atoms with E-state index in [-0.39, 0.29) is 11.9 Å². The molecule has 2 aromatic heterocycles. The average Bonchev–Trinajstić information content (AvgIpc) is 3.15. The van der Waals surface area contributed by atoms with Gasteiger partial charge in [0.2, 0.25) is 5.91 Å². The Morgan fingerprint density at radius 3 is 2.20 bits per heavy atom. The first-order valence-corrected chi connectivity index (χ1v) is 10.9. The van der Waals surface area contributed by atoms with E-state index in [2.05, 4.69) is 15.5 Å². The highest BCUT2D eigenvalue weighted by molar-refractivity contribution is 8.00. The smallest absolute Gasteiger partial charge is 0.234 e. The number of halogens is 2. The molecule has 0 fully saturated rings. The predicted molar refractivity (Wildman–Crippen MR) is 121 cm³/mol. The van der Waals surface area contributed by atoms with Crippen LogP contribution in [0.1, 0.15) is 24.1 Å². The number of carbonyl (C=O) groups excluding carboxylic acids is 1. The minimum absolute atomic E-state index is 0.109. The lowest BCUT2D eigenvalue weighted by Gasteiger charge is -2.21. The minimum atomic E-state index is -0.412. The highest BCUT2D eigenvalue weighted by Crippen LogP contribution is 2.28. The number of amides is 1. The Morgan fingerprint density at radius 2 is 1.60 bits per heavy atom. The molecule has 5 nitrogen and oxygen atoms in total. The molecule has 2 aromatic carbocycles. The average molecular weight is 457 g/mol. The van der Waals surface area contributed by atoms with Crippen molar-refractivity contribution in [1.82, 2.24) is 19.9 Å². The van der Waals surface area contributed by atoms with Gasteiger partial charge in [-0.1, -0.05) is 95.6 Å². The molecule has 8 heteroatoms. The summed E-state index contributed by atoms with van der Waals surface area (Å²) in [5.74, 6) is -0.109. The summed E-state index contributed by atoms with van der Waals surface area (Å²) in [6.07, 6.45) is 1.69. The Bertz CT molecular complexity index is 1130. The molecular formula is C22H18Cl2N4OS. The first-order valence-electron chi connectivity index (χ1n) is 9.29. The molecule has 0 aliphatic rings. The molecule has 0 bridgehead atoms. The van der Waals surface area contributed by atoms with E-state index >= 15 is 0 Å². The molecule has 0 radical (unpaired) electrons. The SMILES string of the molecule is CC(Sc1nnc2c(Cl)cc(Cl)cn12)C(=O)NC(c1ccccc1)c1ccccc1. The van der Waals surface area contributed by atoms with E-state index in [0.717, 1.165) is 11.1 Å². The number of hydrogen-bond donors (Lipinski definition) is 1. The van der Waals surface area contributed by atoms with Crippen molar-refractivity contribution >= 4 is 46.5 Å². The second kappa shape index (κ2) is 9.08. The summed E-state index contributed by atoms with van der Waals surface area (Å²) in [5, 5.41) is 12.4. The Morgan fingerprint density at radius 1 is 1.00 bits per heavy atom. The number of nitrogens with zero attached hydrogens (tertiary/aromatic N) is 3. The molecule has 0 saturated carbocycles. The van der Waals surface area contributed by atoms with Crippen LogP contribution in [0, 0.1) is 0 Å². The van der Waals surface area contributed by atoms with Crippen LogP contribution < -0.4 is 5.32 Å². The van der Waals surface area contributed by atoms with Gasteiger partial charge in [-0.15, -0.1) is 10.2 Å². The molecule has 152 valence electrons. The van der Waals surface area contributed by atoms with Gasteiger partial charge in [0.25, 0.3) is 0 Å². The van der Waals surface area contributed by atoms with Crippen molar-refractivity contribution in [2.24, 2.45) is 0 Å². The van der Waals surface area contributed by atoms with E-state index in [1.165, 1.54) is 11.8 Å². The van der Waals surface area contributed by atoms with Crippen molar-refractivity contribution in [3.8, 4) is 0 Å². The molecule has 1 amide bonds. The molecule has 0 saturated heterocycles. The third-order valence-electron chi connectivity index (χ3n) is 4.60. The molecule has 4 rings (SSSR count). The van der Waals surface area contributed by atoms with Crippen molar-refractivity contribution in [3.05, 3.63) is 94.1 Å². The molecule has 1 N–H and O–H groups in total. The maximum Gasteiger partial charge on any atom is 0.234 e. The third-order valence-corrected chi connectivity index (χ3v) is 6.14. The summed E-state index contributed by atoms with van der Waals surface area (Å²) >= 11 is 13.6. The van der Waals surface area contributed by atoms with Gasteiger partial charge in [0.1, 0.15) is 0 Å². The summed E-state index contributed by atoms with van der Waals surface area (Å²) in [6, 6.07) is 21.2. The van der Waals surface area contributed by atoms with Crippen LogP contribution in [0.25, 0.3) is 5.65 Å². The van der Waals surface area contributed by atoms with Crippen LogP contribution in [0.5, 0.6) is 0 Å². The zero-order valence-electron chi connectivity index (χ0n) is 16.0. The van der Waals surface area contributed by atoms with Gasteiger partial charge in [-0.05, 0) is 24.1 Å². The zero-order valence-corrected chi connectivity index (χ0v) is 18.3. The molecule has 0 aliphatic carbocycles. The number of aromatic nitrogens is 3. The molecule has 4 aromatic rings. The number of benzene rings is 2. The van der Waals surface area contributed by atoms with E-state index in [1.807, 2.05) is 67.6 Å². The van der Waals surface area contributed by atoms with E-state index in [1.54, 1.807) is 16.7 Å². The highest BCUT2D eigenvalue weighted by atomic mass is 35.5. The second-order valence-electron chi connectivity index (χ2n) is 6.71. The standard InChI is InChI=1S/C22H18Cl2N4OS/c1-14(30-22-27-26-20-18(24)12-17(23)13-28(20)22)21(29)25-19(15-8-4-2-5-9-15)16-10-6-3-7-11-16/h2-14,19H,1H3,(H,25,29). The fraction of sp³-hybridized carbons (Fsp3) is 0.136. The highest BCUT2D eigenvalue weighted by Gasteiger charge is 2.23. The lowest BCUT2D eigenvalue weighted by Crippen LogP contribution is -2.35. The molecule has 0 spiro atoms. The summed E-state index contributed by atoms with van der Waals surface area (Å²) in [5.41, 5.74) is 2.53. The van der Waals surface area contributed by atoms with Crippen LogP contribution in [-0.2, 0) is 4.79 Å².